The van der Waals surface area contributed by atoms with E-state index < -0.39 is 5.60 Å². The van der Waals surface area contributed by atoms with Gasteiger partial charge < -0.3 is 9.84 Å². The predicted octanol–water partition coefficient (Wildman–Crippen LogP) is 1.42. The monoisotopic (exact) mass is 232 g/mol. The Bertz CT molecular complexity index is 517. The largest absolute Gasteiger partial charge is 0.508 e. The Morgan fingerprint density at radius 2 is 2.24 bits per heavy atom. The standard InChI is InChI=1S/C12H12N2O3/c1-12(2)11(16)14(6-5-13)9-4-3-8(15)7-10(9)17-12/h3-4,7,15H,6H2,1-2H3. The number of fused-ring (bicyclic) bond motifs is 1. The van der Waals surface area contributed by atoms with Gasteiger partial charge in [0, 0.05) is 6.07 Å². The van der Waals surface area contributed by atoms with E-state index in [1.165, 1.54) is 17.0 Å². The quantitative estimate of drug-likeness (QED) is 0.743. The molecule has 0 saturated carbocycles. The van der Waals surface area contributed by atoms with Crippen LogP contribution < -0.4 is 9.64 Å². The number of rotatable bonds is 1. The fourth-order valence-electron chi connectivity index (χ4n) is 1.79. The van der Waals surface area contributed by atoms with Crippen molar-refractivity contribution in [2.75, 3.05) is 11.4 Å². The van der Waals surface area contributed by atoms with E-state index in [9.17, 15) is 9.90 Å². The summed E-state index contributed by atoms with van der Waals surface area (Å²) in [7, 11) is 0. The molecule has 5 nitrogen and oxygen atoms in total. The number of carbonyl (C=O) groups is 1. The lowest BCUT2D eigenvalue weighted by atomic mass is 10.0. The molecule has 0 radical (unpaired) electrons. The molecule has 1 heterocycles. The summed E-state index contributed by atoms with van der Waals surface area (Å²) in [6, 6.07) is 6.41. The first-order valence-corrected chi connectivity index (χ1v) is 5.16. The molecule has 88 valence electrons. The van der Waals surface area contributed by atoms with Gasteiger partial charge in [-0.15, -0.1) is 0 Å². The molecule has 1 aromatic rings. The molecule has 0 saturated heterocycles. The van der Waals surface area contributed by atoms with E-state index >= 15 is 0 Å². The van der Waals surface area contributed by atoms with Gasteiger partial charge in [0.15, 0.2) is 5.60 Å². The molecule has 0 aliphatic carbocycles. The smallest absolute Gasteiger partial charge is 0.271 e. The second-order valence-corrected chi connectivity index (χ2v) is 4.31. The zero-order chi connectivity index (χ0) is 12.6. The van der Waals surface area contributed by atoms with Gasteiger partial charge in [-0.3, -0.25) is 9.69 Å². The molecule has 5 heteroatoms. The van der Waals surface area contributed by atoms with Gasteiger partial charge in [0.1, 0.15) is 18.0 Å². The van der Waals surface area contributed by atoms with Crippen LogP contribution >= 0.6 is 0 Å². The third kappa shape index (κ3) is 1.78. The summed E-state index contributed by atoms with van der Waals surface area (Å²) in [4.78, 5) is 13.4. The van der Waals surface area contributed by atoms with Crippen molar-refractivity contribution in [3.63, 3.8) is 0 Å². The third-order valence-corrected chi connectivity index (χ3v) is 2.59. The van der Waals surface area contributed by atoms with Gasteiger partial charge in [0.2, 0.25) is 0 Å². The Balaban J connectivity index is 2.55. The maximum atomic E-state index is 12.1. The van der Waals surface area contributed by atoms with Crippen LogP contribution in [0.1, 0.15) is 13.8 Å². The molecule has 0 unspecified atom stereocenters. The van der Waals surface area contributed by atoms with Gasteiger partial charge in [-0.1, -0.05) is 0 Å². The van der Waals surface area contributed by atoms with Crippen LogP contribution in [0.4, 0.5) is 5.69 Å². The lowest BCUT2D eigenvalue weighted by Crippen LogP contribution is -2.52. The van der Waals surface area contributed by atoms with E-state index in [1.807, 2.05) is 6.07 Å². The van der Waals surface area contributed by atoms with E-state index in [1.54, 1.807) is 19.9 Å². The number of nitriles is 1. The molecular weight excluding hydrogens is 220 g/mol. The summed E-state index contributed by atoms with van der Waals surface area (Å²) in [6.45, 7) is 3.22. The molecule has 1 amide bonds. The molecule has 1 aliphatic rings. The Hall–Kier alpha value is -2.22. The molecule has 1 aromatic carbocycles. The van der Waals surface area contributed by atoms with Gasteiger partial charge in [-0.05, 0) is 26.0 Å². The Morgan fingerprint density at radius 1 is 1.53 bits per heavy atom. The second-order valence-electron chi connectivity index (χ2n) is 4.31. The van der Waals surface area contributed by atoms with E-state index in [4.69, 9.17) is 10.00 Å². The van der Waals surface area contributed by atoms with Crippen molar-refractivity contribution >= 4 is 11.6 Å². The number of phenols is 1. The summed E-state index contributed by atoms with van der Waals surface area (Å²) in [6.07, 6.45) is 0. The van der Waals surface area contributed by atoms with Gasteiger partial charge in [0.05, 0.1) is 11.8 Å². The number of ether oxygens (including phenoxy) is 1. The topological polar surface area (TPSA) is 73.6 Å². The normalized spacial score (nSPS) is 17.0. The average Bonchev–Trinajstić information content (AvgIpc) is 2.24. The summed E-state index contributed by atoms with van der Waals surface area (Å²) in [5.74, 6) is 0.202. The number of anilines is 1. The number of benzene rings is 1. The number of nitrogens with zero attached hydrogens (tertiary/aromatic N) is 2. The van der Waals surface area contributed by atoms with Gasteiger partial charge in [0.25, 0.3) is 5.91 Å². The fraction of sp³-hybridized carbons (Fsp3) is 0.333. The van der Waals surface area contributed by atoms with Crippen molar-refractivity contribution in [3.05, 3.63) is 18.2 Å². The first-order valence-electron chi connectivity index (χ1n) is 5.16. The minimum atomic E-state index is -1.03. The number of phenolic OH excluding ortho intramolecular Hbond substituents is 1. The molecular formula is C12H12N2O3. The summed E-state index contributed by atoms with van der Waals surface area (Å²) >= 11 is 0. The van der Waals surface area contributed by atoms with Crippen LogP contribution in [0.5, 0.6) is 11.5 Å². The predicted molar refractivity (Wildman–Crippen MR) is 60.8 cm³/mol. The Kier molecular flexibility index (Phi) is 2.43. The maximum Gasteiger partial charge on any atom is 0.271 e. The second kappa shape index (κ2) is 3.67. The number of amides is 1. The molecule has 1 N–H and O–H groups in total. The van der Waals surface area contributed by atoms with Crippen LogP contribution in [0.3, 0.4) is 0 Å². The first-order chi connectivity index (χ1) is 7.95. The molecule has 1 aliphatic heterocycles. The highest BCUT2D eigenvalue weighted by Gasteiger charge is 2.40. The summed E-state index contributed by atoms with van der Waals surface area (Å²) in [5, 5.41) is 18.1. The lowest BCUT2D eigenvalue weighted by molar-refractivity contribution is -0.132. The summed E-state index contributed by atoms with van der Waals surface area (Å²) < 4.78 is 5.53. The number of hydrogen-bond acceptors (Lipinski definition) is 4. The molecule has 0 fully saturated rings. The third-order valence-electron chi connectivity index (χ3n) is 2.59. The SMILES string of the molecule is CC1(C)Oc2cc(O)ccc2N(CC#N)C1=O. The minimum Gasteiger partial charge on any atom is -0.508 e. The minimum absolute atomic E-state index is 0.0383. The molecule has 0 bridgehead atoms. The maximum absolute atomic E-state index is 12.1. The average molecular weight is 232 g/mol. The van der Waals surface area contributed by atoms with Crippen molar-refractivity contribution in [1.82, 2.24) is 0 Å². The van der Waals surface area contributed by atoms with Crippen molar-refractivity contribution in [3.8, 4) is 17.6 Å². The van der Waals surface area contributed by atoms with E-state index in [0.29, 0.717) is 11.4 Å². The van der Waals surface area contributed by atoms with Crippen LogP contribution in [0.15, 0.2) is 18.2 Å². The van der Waals surface area contributed by atoms with Gasteiger partial charge in [-0.25, -0.2) is 0 Å². The van der Waals surface area contributed by atoms with E-state index in [2.05, 4.69) is 0 Å². The van der Waals surface area contributed by atoms with Crippen molar-refractivity contribution in [2.45, 2.75) is 19.4 Å². The zero-order valence-corrected chi connectivity index (χ0v) is 9.60. The van der Waals surface area contributed by atoms with Crippen molar-refractivity contribution in [1.29, 1.82) is 5.26 Å². The van der Waals surface area contributed by atoms with Crippen molar-refractivity contribution < 1.29 is 14.6 Å². The molecule has 2 rings (SSSR count). The first kappa shape index (κ1) is 11.3. The Labute approximate surface area is 98.8 Å². The van der Waals surface area contributed by atoms with Crippen LogP contribution in [0, 0.1) is 11.3 Å². The van der Waals surface area contributed by atoms with Gasteiger partial charge >= 0.3 is 0 Å². The molecule has 0 spiro atoms. The fourth-order valence-corrected chi connectivity index (χ4v) is 1.79. The molecule has 0 aromatic heterocycles. The number of hydrogen-bond donors (Lipinski definition) is 1. The Morgan fingerprint density at radius 3 is 2.88 bits per heavy atom. The van der Waals surface area contributed by atoms with Crippen molar-refractivity contribution in [2.24, 2.45) is 0 Å². The summed E-state index contributed by atoms with van der Waals surface area (Å²) in [5.41, 5.74) is -0.522. The van der Waals surface area contributed by atoms with Gasteiger partial charge in [-0.2, -0.15) is 5.26 Å². The number of aromatic hydroxyl groups is 1. The van der Waals surface area contributed by atoms with Crippen LogP contribution in [-0.4, -0.2) is 23.2 Å². The molecule has 0 atom stereocenters. The van der Waals surface area contributed by atoms with Crippen LogP contribution in [-0.2, 0) is 4.79 Å². The highest BCUT2D eigenvalue weighted by molar-refractivity contribution is 6.02. The van der Waals surface area contributed by atoms with E-state index in [0.717, 1.165) is 0 Å². The number of carbonyl (C=O) groups excluding carboxylic acids is 1. The molecule has 17 heavy (non-hydrogen) atoms. The zero-order valence-electron chi connectivity index (χ0n) is 9.60. The van der Waals surface area contributed by atoms with Crippen LogP contribution in [0.2, 0.25) is 0 Å². The van der Waals surface area contributed by atoms with Crippen LogP contribution in [0.25, 0.3) is 0 Å². The van der Waals surface area contributed by atoms with E-state index in [-0.39, 0.29) is 18.2 Å². The highest BCUT2D eigenvalue weighted by atomic mass is 16.5. The highest BCUT2D eigenvalue weighted by Crippen LogP contribution is 2.39. The lowest BCUT2D eigenvalue weighted by Gasteiger charge is -2.37.